The second kappa shape index (κ2) is 12.3. The first-order valence-electron chi connectivity index (χ1n) is 8.64. The van der Waals surface area contributed by atoms with Gasteiger partial charge in [0, 0.05) is 50.2 Å². The molecular weight excluding hydrogens is 373 g/mol. The first-order valence-corrected chi connectivity index (χ1v) is 9.39. The zero-order valence-electron chi connectivity index (χ0n) is 15.8. The van der Waals surface area contributed by atoms with Crippen molar-refractivity contribution in [3.05, 3.63) is 63.9 Å². The number of methoxy groups -OCH3 is 2. The summed E-state index contributed by atoms with van der Waals surface area (Å²) in [6.07, 6.45) is 4.73. The molecule has 0 amide bonds. The maximum absolute atomic E-state index is 6.42. The number of hydrogen-bond acceptors (Lipinski definition) is 4. The normalized spacial score (nSPS) is 12.8. The Morgan fingerprint density at radius 1 is 1.00 bits per heavy atom. The Kier molecular flexibility index (Phi) is 10.8. The SMILES string of the molecule is CC.COCCCOC(Cc1ccncc1)(OC)c1ccc(Cl)cc1Cl. The molecule has 0 saturated carbocycles. The van der Waals surface area contributed by atoms with Crippen LogP contribution in [0.4, 0.5) is 0 Å². The van der Waals surface area contributed by atoms with E-state index in [0.29, 0.717) is 29.7 Å². The largest absolute Gasteiger partial charge is 0.385 e. The molecule has 0 aliphatic heterocycles. The maximum Gasteiger partial charge on any atom is 0.200 e. The summed E-state index contributed by atoms with van der Waals surface area (Å²) in [5.41, 5.74) is 1.77. The first-order chi connectivity index (χ1) is 12.6. The van der Waals surface area contributed by atoms with Crippen LogP contribution in [0.25, 0.3) is 0 Å². The van der Waals surface area contributed by atoms with Crippen LogP contribution in [0.3, 0.4) is 0 Å². The predicted octanol–water partition coefficient (Wildman–Crippen LogP) is 5.51. The van der Waals surface area contributed by atoms with E-state index in [-0.39, 0.29) is 0 Å². The van der Waals surface area contributed by atoms with E-state index in [1.54, 1.807) is 38.7 Å². The van der Waals surface area contributed by atoms with Gasteiger partial charge in [0.2, 0.25) is 0 Å². The van der Waals surface area contributed by atoms with Crippen molar-refractivity contribution in [2.45, 2.75) is 32.5 Å². The second-order valence-electron chi connectivity index (χ2n) is 5.31. The van der Waals surface area contributed by atoms with E-state index in [9.17, 15) is 0 Å². The van der Waals surface area contributed by atoms with Crippen LogP contribution >= 0.6 is 23.2 Å². The molecule has 0 aliphatic rings. The minimum absolute atomic E-state index is 0.478. The molecule has 0 fully saturated rings. The van der Waals surface area contributed by atoms with Gasteiger partial charge in [0.15, 0.2) is 5.79 Å². The summed E-state index contributed by atoms with van der Waals surface area (Å²) in [4.78, 5) is 4.05. The summed E-state index contributed by atoms with van der Waals surface area (Å²) in [6, 6.07) is 9.16. The van der Waals surface area contributed by atoms with Crippen molar-refractivity contribution in [3.63, 3.8) is 0 Å². The average molecular weight is 400 g/mol. The van der Waals surface area contributed by atoms with Gasteiger partial charge in [-0.05, 0) is 36.2 Å². The minimum atomic E-state index is -1.00. The summed E-state index contributed by atoms with van der Waals surface area (Å²) in [7, 11) is 3.28. The number of hydrogen-bond donors (Lipinski definition) is 0. The van der Waals surface area contributed by atoms with E-state index in [0.717, 1.165) is 17.5 Å². The first kappa shape index (κ1) is 22.9. The summed E-state index contributed by atoms with van der Waals surface area (Å²) in [5, 5.41) is 1.07. The second-order valence-corrected chi connectivity index (χ2v) is 6.15. The molecule has 2 rings (SSSR count). The minimum Gasteiger partial charge on any atom is -0.385 e. The number of halogens is 2. The molecular formula is C20H27Cl2NO3. The summed E-state index contributed by atoms with van der Waals surface area (Å²) in [6.45, 7) is 5.09. The molecule has 1 aromatic heterocycles. The highest BCUT2D eigenvalue weighted by Gasteiger charge is 2.35. The molecule has 0 N–H and O–H groups in total. The Labute approximate surface area is 166 Å². The van der Waals surface area contributed by atoms with Crippen LogP contribution in [0.5, 0.6) is 0 Å². The molecule has 1 aromatic carbocycles. The standard InChI is InChI=1S/C18H21Cl2NO3.C2H6/c1-22-10-3-11-24-18(23-2,13-14-6-8-21-9-7-14)16-5-4-15(19)12-17(16)20;1-2/h4-9,12H,3,10-11,13H2,1-2H3;1-2H3. The van der Waals surface area contributed by atoms with Gasteiger partial charge in [-0.1, -0.05) is 43.1 Å². The number of rotatable bonds is 9. The number of ether oxygens (including phenoxy) is 3. The van der Waals surface area contributed by atoms with Crippen LogP contribution in [0.1, 0.15) is 31.4 Å². The van der Waals surface area contributed by atoms with Crippen LogP contribution in [-0.4, -0.2) is 32.4 Å². The van der Waals surface area contributed by atoms with Gasteiger partial charge in [-0.15, -0.1) is 0 Å². The maximum atomic E-state index is 6.42. The number of benzene rings is 1. The highest BCUT2D eigenvalue weighted by atomic mass is 35.5. The van der Waals surface area contributed by atoms with Crippen LogP contribution in [0.2, 0.25) is 10.0 Å². The molecule has 0 saturated heterocycles. The Morgan fingerprint density at radius 2 is 1.69 bits per heavy atom. The number of pyridine rings is 1. The topological polar surface area (TPSA) is 40.6 Å². The van der Waals surface area contributed by atoms with Crippen molar-refractivity contribution in [3.8, 4) is 0 Å². The van der Waals surface area contributed by atoms with E-state index in [1.165, 1.54) is 0 Å². The Balaban J connectivity index is 0.00000163. The average Bonchev–Trinajstić information content (AvgIpc) is 2.67. The third-order valence-corrected chi connectivity index (χ3v) is 4.23. The number of nitrogens with zero attached hydrogens (tertiary/aromatic N) is 1. The highest BCUT2D eigenvalue weighted by Crippen LogP contribution is 2.37. The molecule has 6 heteroatoms. The van der Waals surface area contributed by atoms with Crippen molar-refractivity contribution in [1.29, 1.82) is 0 Å². The van der Waals surface area contributed by atoms with Gasteiger partial charge in [-0.2, -0.15) is 0 Å². The van der Waals surface area contributed by atoms with Gasteiger partial charge in [0.25, 0.3) is 0 Å². The monoisotopic (exact) mass is 399 g/mol. The van der Waals surface area contributed by atoms with E-state index in [1.807, 2.05) is 32.0 Å². The third kappa shape index (κ3) is 6.53. The third-order valence-electron chi connectivity index (χ3n) is 3.69. The molecule has 0 bridgehead atoms. The molecule has 1 unspecified atom stereocenters. The Morgan fingerprint density at radius 3 is 2.27 bits per heavy atom. The van der Waals surface area contributed by atoms with E-state index in [4.69, 9.17) is 37.4 Å². The molecule has 144 valence electrons. The Bertz CT molecular complexity index is 640. The van der Waals surface area contributed by atoms with Gasteiger partial charge < -0.3 is 14.2 Å². The molecule has 26 heavy (non-hydrogen) atoms. The van der Waals surface area contributed by atoms with Crippen LogP contribution in [-0.2, 0) is 26.4 Å². The fraction of sp³-hybridized carbons (Fsp3) is 0.450. The zero-order valence-corrected chi connectivity index (χ0v) is 17.3. The molecule has 0 spiro atoms. The number of aromatic nitrogens is 1. The predicted molar refractivity (Wildman–Crippen MR) is 107 cm³/mol. The molecule has 4 nitrogen and oxygen atoms in total. The van der Waals surface area contributed by atoms with E-state index >= 15 is 0 Å². The van der Waals surface area contributed by atoms with Gasteiger partial charge >= 0.3 is 0 Å². The summed E-state index contributed by atoms with van der Waals surface area (Å²) in [5.74, 6) is -1.00. The lowest BCUT2D eigenvalue weighted by Crippen LogP contribution is -2.35. The van der Waals surface area contributed by atoms with Crippen LogP contribution in [0.15, 0.2) is 42.7 Å². The van der Waals surface area contributed by atoms with Crippen LogP contribution < -0.4 is 0 Å². The van der Waals surface area contributed by atoms with Crippen molar-refractivity contribution in [1.82, 2.24) is 4.98 Å². The van der Waals surface area contributed by atoms with Crippen molar-refractivity contribution >= 4 is 23.2 Å². The van der Waals surface area contributed by atoms with Crippen LogP contribution in [0, 0.1) is 0 Å². The highest BCUT2D eigenvalue weighted by molar-refractivity contribution is 6.35. The molecule has 2 aromatic rings. The van der Waals surface area contributed by atoms with Crippen molar-refractivity contribution < 1.29 is 14.2 Å². The molecule has 0 aliphatic carbocycles. The fourth-order valence-electron chi connectivity index (χ4n) is 2.47. The van der Waals surface area contributed by atoms with Gasteiger partial charge in [-0.25, -0.2) is 0 Å². The zero-order chi connectivity index (χ0) is 19.4. The summed E-state index contributed by atoms with van der Waals surface area (Å²) >= 11 is 12.4. The van der Waals surface area contributed by atoms with Gasteiger partial charge in [-0.3, -0.25) is 4.98 Å². The molecule has 0 radical (unpaired) electrons. The van der Waals surface area contributed by atoms with E-state index in [2.05, 4.69) is 4.98 Å². The van der Waals surface area contributed by atoms with Gasteiger partial charge in [0.05, 0.1) is 11.6 Å². The van der Waals surface area contributed by atoms with Gasteiger partial charge in [0.1, 0.15) is 0 Å². The molecule has 1 heterocycles. The Hall–Kier alpha value is -1.17. The lowest BCUT2D eigenvalue weighted by molar-refractivity contribution is -0.232. The smallest absolute Gasteiger partial charge is 0.200 e. The lowest BCUT2D eigenvalue weighted by atomic mass is 9.97. The summed E-state index contributed by atoms with van der Waals surface area (Å²) < 4.78 is 17.0. The van der Waals surface area contributed by atoms with E-state index < -0.39 is 5.79 Å². The fourth-order valence-corrected chi connectivity index (χ4v) is 3.03. The van der Waals surface area contributed by atoms with Crippen molar-refractivity contribution in [2.75, 3.05) is 27.4 Å². The quantitative estimate of drug-likeness (QED) is 0.411. The lowest BCUT2D eigenvalue weighted by Gasteiger charge is -2.34. The van der Waals surface area contributed by atoms with Crippen molar-refractivity contribution in [2.24, 2.45) is 0 Å². The molecule has 1 atom stereocenters.